The van der Waals surface area contributed by atoms with E-state index in [-0.39, 0.29) is 6.09 Å². The molecule has 1 aromatic carbocycles. The van der Waals surface area contributed by atoms with Crippen molar-refractivity contribution in [1.82, 2.24) is 14.9 Å². The zero-order valence-corrected chi connectivity index (χ0v) is 16.0. The van der Waals surface area contributed by atoms with Gasteiger partial charge in [0, 0.05) is 45.3 Å². The van der Waals surface area contributed by atoms with Crippen LogP contribution in [0.5, 0.6) is 0 Å². The zero-order chi connectivity index (χ0) is 19.1. The van der Waals surface area contributed by atoms with Crippen LogP contribution < -0.4 is 9.80 Å². The Kier molecular flexibility index (Phi) is 6.46. The van der Waals surface area contributed by atoms with Crippen LogP contribution in [0.15, 0.2) is 42.7 Å². The van der Waals surface area contributed by atoms with Gasteiger partial charge in [-0.1, -0.05) is 30.3 Å². The number of anilines is 2. The Bertz CT molecular complexity index is 732. The molecule has 0 spiro atoms. The van der Waals surface area contributed by atoms with Gasteiger partial charge in [-0.05, 0) is 19.4 Å². The van der Waals surface area contributed by atoms with Crippen LogP contribution in [0.1, 0.15) is 19.4 Å². The number of hydrogen-bond donors (Lipinski definition) is 0. The van der Waals surface area contributed by atoms with Gasteiger partial charge in [-0.15, -0.1) is 0 Å². The minimum atomic E-state index is -0.236. The third kappa shape index (κ3) is 4.87. The number of ether oxygens (including phenoxy) is 1. The molecule has 1 saturated heterocycles. The fourth-order valence-corrected chi connectivity index (χ4v) is 3.17. The first-order valence-electron chi connectivity index (χ1n) is 9.48. The van der Waals surface area contributed by atoms with Crippen molar-refractivity contribution in [3.8, 4) is 0 Å². The Morgan fingerprint density at radius 2 is 1.85 bits per heavy atom. The number of rotatable bonds is 6. The lowest BCUT2D eigenvalue weighted by molar-refractivity contribution is 0.105. The smallest absolute Gasteiger partial charge is 0.409 e. The van der Waals surface area contributed by atoms with Gasteiger partial charge in [0.25, 0.3) is 0 Å². The van der Waals surface area contributed by atoms with Crippen molar-refractivity contribution in [1.29, 1.82) is 0 Å². The summed E-state index contributed by atoms with van der Waals surface area (Å²) in [6, 6.07) is 12.4. The van der Waals surface area contributed by atoms with E-state index in [2.05, 4.69) is 51.0 Å². The number of aromatic nitrogens is 2. The summed E-state index contributed by atoms with van der Waals surface area (Å²) in [4.78, 5) is 26.9. The van der Waals surface area contributed by atoms with E-state index in [9.17, 15) is 4.79 Å². The molecule has 1 aliphatic heterocycles. The fourth-order valence-electron chi connectivity index (χ4n) is 3.17. The first kappa shape index (κ1) is 18.9. The standard InChI is InChI=1S/C20H27N5O2/c1-3-23(15-17-8-6-5-7-9-17)18-14-19(22-16-21-18)24-10-12-25(13-11-24)20(26)27-4-2/h5-9,14,16H,3-4,10-13,15H2,1-2H3. The normalized spacial score (nSPS) is 14.1. The summed E-state index contributed by atoms with van der Waals surface area (Å²) in [6.45, 7) is 8.78. The quantitative estimate of drug-likeness (QED) is 0.780. The Morgan fingerprint density at radius 3 is 2.52 bits per heavy atom. The maximum Gasteiger partial charge on any atom is 0.409 e. The summed E-state index contributed by atoms with van der Waals surface area (Å²) >= 11 is 0. The van der Waals surface area contributed by atoms with E-state index in [1.165, 1.54) is 5.56 Å². The summed E-state index contributed by atoms with van der Waals surface area (Å²) in [7, 11) is 0. The molecule has 0 radical (unpaired) electrons. The second-order valence-corrected chi connectivity index (χ2v) is 6.41. The number of nitrogens with zero attached hydrogens (tertiary/aromatic N) is 5. The summed E-state index contributed by atoms with van der Waals surface area (Å²) < 4.78 is 5.08. The minimum absolute atomic E-state index is 0.236. The second-order valence-electron chi connectivity index (χ2n) is 6.41. The highest BCUT2D eigenvalue weighted by atomic mass is 16.6. The van der Waals surface area contributed by atoms with Crippen LogP contribution in [0.4, 0.5) is 16.4 Å². The molecule has 0 bridgehead atoms. The SMILES string of the molecule is CCOC(=O)N1CCN(c2cc(N(CC)Cc3ccccc3)ncn2)CC1. The molecule has 0 saturated carbocycles. The van der Waals surface area contributed by atoms with Gasteiger partial charge in [-0.2, -0.15) is 0 Å². The van der Waals surface area contributed by atoms with Crippen LogP contribution in [-0.4, -0.2) is 60.3 Å². The first-order valence-corrected chi connectivity index (χ1v) is 9.48. The number of hydrogen-bond acceptors (Lipinski definition) is 6. The first-order chi connectivity index (χ1) is 13.2. The Labute approximate surface area is 160 Å². The molecule has 1 aliphatic rings. The van der Waals surface area contributed by atoms with Gasteiger partial charge < -0.3 is 19.4 Å². The molecule has 0 N–H and O–H groups in total. The largest absolute Gasteiger partial charge is 0.450 e. The summed E-state index contributed by atoms with van der Waals surface area (Å²) in [5.74, 6) is 1.81. The monoisotopic (exact) mass is 369 g/mol. The molecule has 1 amide bonds. The topological polar surface area (TPSA) is 61.8 Å². The maximum absolute atomic E-state index is 11.9. The van der Waals surface area contributed by atoms with E-state index in [1.807, 2.05) is 19.1 Å². The molecular formula is C20H27N5O2. The van der Waals surface area contributed by atoms with Crippen molar-refractivity contribution in [2.24, 2.45) is 0 Å². The van der Waals surface area contributed by atoms with Crippen molar-refractivity contribution < 1.29 is 9.53 Å². The Morgan fingerprint density at radius 1 is 1.11 bits per heavy atom. The molecule has 2 heterocycles. The third-order valence-corrected chi connectivity index (χ3v) is 4.69. The number of carbonyl (C=O) groups is 1. The average molecular weight is 369 g/mol. The van der Waals surface area contributed by atoms with Gasteiger partial charge in [0.15, 0.2) is 0 Å². The minimum Gasteiger partial charge on any atom is -0.450 e. The van der Waals surface area contributed by atoms with Crippen LogP contribution >= 0.6 is 0 Å². The summed E-state index contributed by atoms with van der Waals surface area (Å²) in [5.41, 5.74) is 1.25. The van der Waals surface area contributed by atoms with E-state index in [0.717, 1.165) is 37.8 Å². The number of amides is 1. The Hall–Kier alpha value is -2.83. The molecule has 7 nitrogen and oxygen atoms in total. The predicted octanol–water partition coefficient (Wildman–Crippen LogP) is 2.78. The Balaban J connectivity index is 1.66. The molecule has 0 atom stereocenters. The highest BCUT2D eigenvalue weighted by Gasteiger charge is 2.23. The van der Waals surface area contributed by atoms with Crippen molar-refractivity contribution in [3.63, 3.8) is 0 Å². The van der Waals surface area contributed by atoms with Gasteiger partial charge in [0.1, 0.15) is 18.0 Å². The maximum atomic E-state index is 11.9. The molecule has 2 aromatic rings. The number of carbonyl (C=O) groups excluding carboxylic acids is 1. The molecular weight excluding hydrogens is 342 g/mol. The van der Waals surface area contributed by atoms with E-state index in [0.29, 0.717) is 19.7 Å². The van der Waals surface area contributed by atoms with Crippen molar-refractivity contribution in [3.05, 3.63) is 48.3 Å². The zero-order valence-electron chi connectivity index (χ0n) is 16.0. The molecule has 1 aromatic heterocycles. The van der Waals surface area contributed by atoms with Gasteiger partial charge in [-0.25, -0.2) is 14.8 Å². The van der Waals surface area contributed by atoms with Gasteiger partial charge in [0.2, 0.25) is 0 Å². The highest BCUT2D eigenvalue weighted by Crippen LogP contribution is 2.20. The molecule has 27 heavy (non-hydrogen) atoms. The lowest BCUT2D eigenvalue weighted by Crippen LogP contribution is -2.49. The van der Waals surface area contributed by atoms with Crippen molar-refractivity contribution in [2.75, 3.05) is 49.1 Å². The van der Waals surface area contributed by atoms with Gasteiger partial charge in [-0.3, -0.25) is 0 Å². The molecule has 7 heteroatoms. The fraction of sp³-hybridized carbons (Fsp3) is 0.450. The third-order valence-electron chi connectivity index (χ3n) is 4.69. The van der Waals surface area contributed by atoms with Gasteiger partial charge in [0.05, 0.1) is 6.61 Å². The lowest BCUT2D eigenvalue weighted by Gasteiger charge is -2.35. The van der Waals surface area contributed by atoms with Crippen LogP contribution in [0, 0.1) is 0 Å². The van der Waals surface area contributed by atoms with Crippen molar-refractivity contribution >= 4 is 17.7 Å². The van der Waals surface area contributed by atoms with Crippen LogP contribution in [0.25, 0.3) is 0 Å². The summed E-state index contributed by atoms with van der Waals surface area (Å²) in [6.07, 6.45) is 1.39. The second kappa shape index (κ2) is 9.21. The molecule has 0 unspecified atom stereocenters. The van der Waals surface area contributed by atoms with Crippen LogP contribution in [0.2, 0.25) is 0 Å². The van der Waals surface area contributed by atoms with Crippen LogP contribution in [0.3, 0.4) is 0 Å². The lowest BCUT2D eigenvalue weighted by atomic mass is 10.2. The summed E-state index contributed by atoms with van der Waals surface area (Å²) in [5, 5.41) is 0. The average Bonchev–Trinajstić information content (AvgIpc) is 2.73. The van der Waals surface area contributed by atoms with E-state index < -0.39 is 0 Å². The van der Waals surface area contributed by atoms with E-state index in [1.54, 1.807) is 11.2 Å². The number of piperazine rings is 1. The van der Waals surface area contributed by atoms with E-state index in [4.69, 9.17) is 4.74 Å². The van der Waals surface area contributed by atoms with Gasteiger partial charge >= 0.3 is 6.09 Å². The highest BCUT2D eigenvalue weighted by molar-refractivity contribution is 5.68. The predicted molar refractivity (Wildman–Crippen MR) is 106 cm³/mol. The van der Waals surface area contributed by atoms with E-state index >= 15 is 0 Å². The molecule has 1 fully saturated rings. The molecule has 3 rings (SSSR count). The molecule has 0 aliphatic carbocycles. The van der Waals surface area contributed by atoms with Crippen LogP contribution in [-0.2, 0) is 11.3 Å². The molecule has 144 valence electrons. The van der Waals surface area contributed by atoms with Crippen molar-refractivity contribution in [2.45, 2.75) is 20.4 Å². The number of benzene rings is 1.